The van der Waals surface area contributed by atoms with Crippen LogP contribution in [0.2, 0.25) is 0 Å². The molecular formula is C36H40N4O7. The third-order valence-corrected chi connectivity index (χ3v) is 7.13. The molecule has 2 atom stereocenters. The maximum absolute atomic E-state index is 14.2. The molecule has 11 nitrogen and oxygen atoms in total. The fraction of sp³-hybridized carbons (Fsp3) is 0.361. The van der Waals surface area contributed by atoms with E-state index in [0.717, 1.165) is 0 Å². The summed E-state index contributed by atoms with van der Waals surface area (Å²) < 4.78 is 16.3. The highest BCUT2D eigenvalue weighted by Crippen LogP contribution is 2.36. The fourth-order valence-electron chi connectivity index (χ4n) is 5.09. The molecule has 0 bridgehead atoms. The van der Waals surface area contributed by atoms with E-state index in [2.05, 4.69) is 22.1 Å². The Bertz CT molecular complexity index is 1670. The SMILES string of the molecule is CCOC(=O)CC(C)N1C(=O)c2cc(C#CCCOc3cccnc3NC(=O)OC(C)(C)C)ccc2N(C)C(=O)C1c1ccccc1. The number of esters is 1. The number of hydrogen-bond acceptors (Lipinski definition) is 8. The Labute approximate surface area is 275 Å². The number of aromatic nitrogens is 1. The maximum atomic E-state index is 14.2. The van der Waals surface area contributed by atoms with Crippen molar-refractivity contribution >= 4 is 35.4 Å². The fourth-order valence-corrected chi connectivity index (χ4v) is 5.09. The summed E-state index contributed by atoms with van der Waals surface area (Å²) in [6.45, 7) is 9.18. The van der Waals surface area contributed by atoms with Crippen LogP contribution in [0.1, 0.15) is 75.0 Å². The quantitative estimate of drug-likeness (QED) is 0.178. The zero-order chi connectivity index (χ0) is 34.1. The van der Waals surface area contributed by atoms with Crippen molar-refractivity contribution in [2.24, 2.45) is 0 Å². The number of hydrogen-bond donors (Lipinski definition) is 1. The predicted molar refractivity (Wildman–Crippen MR) is 177 cm³/mol. The molecule has 11 heteroatoms. The molecular weight excluding hydrogens is 600 g/mol. The highest BCUT2D eigenvalue weighted by molar-refractivity contribution is 6.11. The molecule has 0 saturated carbocycles. The molecule has 4 rings (SSSR count). The number of ether oxygens (including phenoxy) is 3. The van der Waals surface area contributed by atoms with Crippen LogP contribution in [0.25, 0.3) is 0 Å². The predicted octanol–water partition coefficient (Wildman–Crippen LogP) is 5.75. The monoisotopic (exact) mass is 640 g/mol. The Morgan fingerprint density at radius 2 is 1.81 bits per heavy atom. The molecule has 1 N–H and O–H groups in total. The van der Waals surface area contributed by atoms with Gasteiger partial charge < -0.3 is 24.0 Å². The third-order valence-electron chi connectivity index (χ3n) is 7.13. The molecule has 2 aromatic carbocycles. The van der Waals surface area contributed by atoms with E-state index in [0.29, 0.717) is 34.5 Å². The van der Waals surface area contributed by atoms with E-state index >= 15 is 0 Å². The van der Waals surface area contributed by atoms with Gasteiger partial charge in [0.25, 0.3) is 11.8 Å². The van der Waals surface area contributed by atoms with Gasteiger partial charge in [0.2, 0.25) is 0 Å². The van der Waals surface area contributed by atoms with Crippen LogP contribution in [-0.4, -0.2) is 65.7 Å². The molecule has 246 valence electrons. The minimum atomic E-state index is -0.945. The summed E-state index contributed by atoms with van der Waals surface area (Å²) in [5, 5.41) is 2.60. The Hall–Kier alpha value is -5.37. The van der Waals surface area contributed by atoms with Crippen LogP contribution < -0.4 is 15.0 Å². The molecule has 0 saturated heterocycles. The lowest BCUT2D eigenvalue weighted by atomic mass is 10.0. The molecule has 0 radical (unpaired) electrons. The lowest BCUT2D eigenvalue weighted by Crippen LogP contribution is -2.46. The molecule has 2 unspecified atom stereocenters. The van der Waals surface area contributed by atoms with Crippen LogP contribution in [0.5, 0.6) is 5.75 Å². The van der Waals surface area contributed by atoms with Crippen molar-refractivity contribution < 1.29 is 33.4 Å². The van der Waals surface area contributed by atoms with Crippen LogP contribution in [0, 0.1) is 11.8 Å². The smallest absolute Gasteiger partial charge is 0.413 e. The minimum absolute atomic E-state index is 0.0688. The summed E-state index contributed by atoms with van der Waals surface area (Å²) in [6.07, 6.45) is 1.16. The number of carbonyl (C=O) groups is 4. The standard InChI is InChI=1S/C36H40N4O7/c1-7-45-30(41)22-24(2)40-31(26-15-9-8-10-16-26)34(43)39(6)28-19-18-25(23-27(28)33(40)42)14-11-12-21-46-29-17-13-20-37-32(29)38-35(44)47-36(3,4)5/h8-10,13,15-20,23-24,31H,7,12,21-22H2,1-6H3,(H,37,38,44). The molecule has 0 spiro atoms. The van der Waals surface area contributed by atoms with Crippen molar-refractivity contribution in [3.8, 4) is 17.6 Å². The summed E-state index contributed by atoms with van der Waals surface area (Å²) in [5.41, 5.74) is 1.29. The number of rotatable bonds is 9. The first-order valence-corrected chi connectivity index (χ1v) is 15.4. The first kappa shape index (κ1) is 34.5. The van der Waals surface area contributed by atoms with Crippen molar-refractivity contribution in [2.75, 3.05) is 30.5 Å². The van der Waals surface area contributed by atoms with Gasteiger partial charge in [0, 0.05) is 31.3 Å². The van der Waals surface area contributed by atoms with Crippen LogP contribution in [0.15, 0.2) is 66.9 Å². The second kappa shape index (κ2) is 15.3. The Morgan fingerprint density at radius 1 is 1.06 bits per heavy atom. The van der Waals surface area contributed by atoms with Crippen molar-refractivity contribution in [1.82, 2.24) is 9.88 Å². The number of nitrogens with zero attached hydrogens (tertiary/aromatic N) is 3. The third kappa shape index (κ3) is 8.88. The number of anilines is 2. The minimum Gasteiger partial charge on any atom is -0.489 e. The van der Waals surface area contributed by atoms with Gasteiger partial charge >= 0.3 is 12.1 Å². The van der Waals surface area contributed by atoms with Crippen LogP contribution >= 0.6 is 0 Å². The normalized spacial score (nSPS) is 15.1. The average Bonchev–Trinajstić information content (AvgIpc) is 3.10. The molecule has 0 aliphatic carbocycles. The van der Waals surface area contributed by atoms with Crippen molar-refractivity contribution in [3.05, 3.63) is 83.6 Å². The second-order valence-corrected chi connectivity index (χ2v) is 11.9. The molecule has 47 heavy (non-hydrogen) atoms. The number of nitrogens with one attached hydrogen (secondary N) is 1. The van der Waals surface area contributed by atoms with Gasteiger partial charge in [-0.3, -0.25) is 19.7 Å². The van der Waals surface area contributed by atoms with E-state index in [1.807, 2.05) is 18.2 Å². The van der Waals surface area contributed by atoms with Gasteiger partial charge in [-0.25, -0.2) is 9.78 Å². The highest BCUT2D eigenvalue weighted by Gasteiger charge is 2.42. The average molecular weight is 641 g/mol. The van der Waals surface area contributed by atoms with Crippen molar-refractivity contribution in [3.63, 3.8) is 0 Å². The molecule has 3 amide bonds. The van der Waals surface area contributed by atoms with Gasteiger partial charge in [0.15, 0.2) is 11.6 Å². The summed E-state index contributed by atoms with van der Waals surface area (Å²) >= 11 is 0. The largest absolute Gasteiger partial charge is 0.489 e. The Balaban J connectivity index is 1.54. The van der Waals surface area contributed by atoms with Gasteiger partial charge in [-0.1, -0.05) is 42.2 Å². The lowest BCUT2D eigenvalue weighted by molar-refractivity contribution is -0.144. The summed E-state index contributed by atoms with van der Waals surface area (Å²) in [4.78, 5) is 59.9. The maximum Gasteiger partial charge on any atom is 0.413 e. The Kier molecular flexibility index (Phi) is 11.2. The zero-order valence-corrected chi connectivity index (χ0v) is 27.5. The van der Waals surface area contributed by atoms with Gasteiger partial charge in [-0.2, -0.15) is 0 Å². The summed E-state index contributed by atoms with van der Waals surface area (Å²) in [6, 6.07) is 16.0. The number of benzene rings is 2. The lowest BCUT2D eigenvalue weighted by Gasteiger charge is -2.34. The first-order chi connectivity index (χ1) is 22.4. The van der Waals surface area contributed by atoms with E-state index in [1.165, 1.54) is 16.0 Å². The van der Waals surface area contributed by atoms with Crippen molar-refractivity contribution in [2.45, 2.75) is 65.1 Å². The number of amides is 3. The molecule has 2 heterocycles. The van der Waals surface area contributed by atoms with Crippen LogP contribution in [-0.2, 0) is 19.1 Å². The summed E-state index contributed by atoms with van der Waals surface area (Å²) in [5.74, 6) is 5.58. The second-order valence-electron chi connectivity index (χ2n) is 11.9. The van der Waals surface area contributed by atoms with E-state index in [4.69, 9.17) is 14.2 Å². The van der Waals surface area contributed by atoms with E-state index in [1.54, 1.807) is 84.1 Å². The van der Waals surface area contributed by atoms with Gasteiger partial charge in [0.05, 0.1) is 30.9 Å². The molecule has 0 fully saturated rings. The molecule has 1 aliphatic rings. The van der Waals surface area contributed by atoms with Gasteiger partial charge in [-0.15, -0.1) is 0 Å². The van der Waals surface area contributed by atoms with Crippen LogP contribution in [0.4, 0.5) is 16.3 Å². The zero-order valence-electron chi connectivity index (χ0n) is 27.5. The van der Waals surface area contributed by atoms with Crippen LogP contribution in [0.3, 0.4) is 0 Å². The van der Waals surface area contributed by atoms with Gasteiger partial charge in [0.1, 0.15) is 11.6 Å². The number of pyridine rings is 1. The number of fused-ring (bicyclic) bond motifs is 1. The molecule has 1 aromatic heterocycles. The summed E-state index contributed by atoms with van der Waals surface area (Å²) in [7, 11) is 1.64. The van der Waals surface area contributed by atoms with Gasteiger partial charge in [-0.05, 0) is 70.5 Å². The molecule has 3 aromatic rings. The Morgan fingerprint density at radius 3 is 2.51 bits per heavy atom. The topological polar surface area (TPSA) is 127 Å². The highest BCUT2D eigenvalue weighted by atomic mass is 16.6. The molecule has 1 aliphatic heterocycles. The number of carbonyl (C=O) groups excluding carboxylic acids is 4. The van der Waals surface area contributed by atoms with Crippen molar-refractivity contribution in [1.29, 1.82) is 0 Å². The first-order valence-electron chi connectivity index (χ1n) is 15.4. The van der Waals surface area contributed by atoms with E-state index in [9.17, 15) is 19.2 Å². The van der Waals surface area contributed by atoms with E-state index < -0.39 is 35.7 Å². The van der Waals surface area contributed by atoms with E-state index in [-0.39, 0.29) is 31.4 Å². The number of likely N-dealkylation sites (N-methyl/N-ethyl adjacent to an activating group) is 1.